The van der Waals surface area contributed by atoms with Crippen LogP contribution in [0.5, 0.6) is 0 Å². The zero-order valence-electron chi connectivity index (χ0n) is 22.4. The van der Waals surface area contributed by atoms with Gasteiger partial charge in [0.2, 0.25) is 0 Å². The molecule has 2 aliphatic rings. The summed E-state index contributed by atoms with van der Waals surface area (Å²) in [5.74, 6) is 1.01. The number of unbranched alkanes of at least 4 members (excludes halogenated alkanes) is 1. The third-order valence-electron chi connectivity index (χ3n) is 7.41. The Hall–Kier alpha value is -3.49. The third-order valence-corrected chi connectivity index (χ3v) is 7.41. The lowest BCUT2D eigenvalue weighted by molar-refractivity contribution is 0.0360. The lowest BCUT2D eigenvalue weighted by Gasteiger charge is -2.34. The van der Waals surface area contributed by atoms with Crippen molar-refractivity contribution in [3.63, 3.8) is 0 Å². The normalized spacial score (nSPS) is 16.7. The summed E-state index contributed by atoms with van der Waals surface area (Å²) in [6.07, 6.45) is 4.24. The molecule has 1 fully saturated rings. The number of ether oxygens (including phenoxy) is 1. The molecule has 8 heteroatoms. The van der Waals surface area contributed by atoms with Gasteiger partial charge in [0, 0.05) is 44.0 Å². The van der Waals surface area contributed by atoms with Crippen LogP contribution in [0.15, 0.2) is 74.1 Å². The van der Waals surface area contributed by atoms with Crippen LogP contribution in [0.25, 0.3) is 22.5 Å². The summed E-state index contributed by atoms with van der Waals surface area (Å²) < 4.78 is 10.2. The maximum absolute atomic E-state index is 11.5. The molecule has 5 rings (SSSR count). The number of rotatable bonds is 10. The third kappa shape index (κ3) is 6.31. The minimum Gasteiger partial charge on any atom is -0.379 e. The molecule has 0 saturated carbocycles. The van der Waals surface area contributed by atoms with E-state index in [0.29, 0.717) is 5.82 Å². The summed E-state index contributed by atoms with van der Waals surface area (Å²) in [4.78, 5) is 24.2. The van der Waals surface area contributed by atoms with Crippen LogP contribution in [0, 0.1) is 0 Å². The predicted molar refractivity (Wildman–Crippen MR) is 150 cm³/mol. The van der Waals surface area contributed by atoms with Gasteiger partial charge in [-0.2, -0.15) is 0 Å². The minimum absolute atomic E-state index is 0.438. The molecule has 0 bridgehead atoms. The Balaban J connectivity index is 1.32. The molecule has 38 heavy (non-hydrogen) atoms. The Morgan fingerprint density at radius 2 is 1.76 bits per heavy atom. The van der Waals surface area contributed by atoms with Crippen molar-refractivity contribution < 1.29 is 9.26 Å². The smallest absolute Gasteiger partial charge is 0.379 e. The fourth-order valence-corrected chi connectivity index (χ4v) is 5.18. The first kappa shape index (κ1) is 26.1. The molecule has 0 spiro atoms. The number of amidine groups is 1. The average Bonchev–Trinajstić information content (AvgIpc) is 3.39. The molecule has 3 heterocycles. The number of morpholine rings is 1. The fourth-order valence-electron chi connectivity index (χ4n) is 5.18. The van der Waals surface area contributed by atoms with E-state index in [-0.39, 0.29) is 0 Å². The highest BCUT2D eigenvalue weighted by Crippen LogP contribution is 2.31. The predicted octanol–water partition coefficient (Wildman–Crippen LogP) is 4.75. The van der Waals surface area contributed by atoms with Gasteiger partial charge in [0.15, 0.2) is 5.82 Å². The molecule has 0 unspecified atom stereocenters. The van der Waals surface area contributed by atoms with Crippen molar-refractivity contribution >= 4 is 5.84 Å². The second-order valence-corrected chi connectivity index (χ2v) is 10.1. The number of aromatic nitrogens is 2. The molecule has 200 valence electrons. The molecule has 1 saturated heterocycles. The lowest BCUT2D eigenvalue weighted by Crippen LogP contribution is -2.44. The van der Waals surface area contributed by atoms with Crippen LogP contribution in [-0.2, 0) is 11.2 Å². The first-order valence-electron chi connectivity index (χ1n) is 13.7. The van der Waals surface area contributed by atoms with E-state index in [1.165, 1.54) is 16.8 Å². The zero-order chi connectivity index (χ0) is 26.3. The lowest BCUT2D eigenvalue weighted by atomic mass is 9.95. The second-order valence-electron chi connectivity index (χ2n) is 10.1. The van der Waals surface area contributed by atoms with Gasteiger partial charge in [-0.15, -0.1) is 0 Å². The van der Waals surface area contributed by atoms with Crippen molar-refractivity contribution in [3.8, 4) is 22.5 Å². The number of hydrogen-bond acceptors (Lipinski definition) is 7. The number of aliphatic imine (C=N–C) groups is 1. The monoisotopic (exact) mass is 515 g/mol. The van der Waals surface area contributed by atoms with Crippen molar-refractivity contribution in [3.05, 3.63) is 75.9 Å². The van der Waals surface area contributed by atoms with Crippen LogP contribution in [0.2, 0.25) is 0 Å². The second kappa shape index (κ2) is 12.4. The van der Waals surface area contributed by atoms with Crippen LogP contribution in [-0.4, -0.2) is 71.7 Å². The van der Waals surface area contributed by atoms with Crippen LogP contribution in [0.4, 0.5) is 0 Å². The molecule has 3 aromatic rings. The maximum atomic E-state index is 11.5. The molecule has 0 radical (unpaired) electrons. The number of aromatic amines is 1. The van der Waals surface area contributed by atoms with Gasteiger partial charge in [-0.3, -0.25) is 14.4 Å². The molecule has 1 N–H and O–H groups in total. The van der Waals surface area contributed by atoms with Crippen LogP contribution >= 0.6 is 0 Å². The van der Waals surface area contributed by atoms with E-state index in [1.54, 1.807) is 0 Å². The molecule has 2 aromatic carbocycles. The molecular weight excluding hydrogens is 478 g/mol. The Morgan fingerprint density at radius 3 is 2.47 bits per heavy atom. The van der Waals surface area contributed by atoms with Gasteiger partial charge in [-0.1, -0.05) is 67.0 Å². The van der Waals surface area contributed by atoms with Gasteiger partial charge in [0.25, 0.3) is 0 Å². The standard InChI is InChI=1S/C30H37N5O3/c1-3-4-9-28-25(21-35(22(2)31-28)15-14-34-16-18-37-19-17-34)20-23-10-12-24(13-11-23)26-7-5-6-8-27(26)29-32-30(36)38-33-29/h5-8,10-13H,3-4,9,14-21H2,1-2H3,(H,32,33,36). The van der Waals surface area contributed by atoms with E-state index in [9.17, 15) is 4.79 Å². The number of H-pyrrole nitrogens is 1. The van der Waals surface area contributed by atoms with Crippen LogP contribution < -0.4 is 5.76 Å². The highest BCUT2D eigenvalue weighted by molar-refractivity contribution is 5.82. The van der Waals surface area contributed by atoms with Crippen molar-refractivity contribution in [1.29, 1.82) is 0 Å². The summed E-state index contributed by atoms with van der Waals surface area (Å²) in [7, 11) is 0. The number of nitrogens with one attached hydrogen (secondary N) is 1. The average molecular weight is 516 g/mol. The van der Waals surface area contributed by atoms with Crippen molar-refractivity contribution in [2.45, 2.75) is 39.5 Å². The Bertz CT molecular complexity index is 1330. The highest BCUT2D eigenvalue weighted by Gasteiger charge is 2.21. The zero-order valence-corrected chi connectivity index (χ0v) is 22.4. The van der Waals surface area contributed by atoms with Gasteiger partial charge in [-0.05, 0) is 48.4 Å². The molecule has 8 nitrogen and oxygen atoms in total. The van der Waals surface area contributed by atoms with Crippen LogP contribution in [0.3, 0.4) is 0 Å². The molecule has 1 aromatic heterocycles. The van der Waals surface area contributed by atoms with Crippen molar-refractivity contribution in [2.24, 2.45) is 4.99 Å². The van der Waals surface area contributed by atoms with Gasteiger partial charge < -0.3 is 9.64 Å². The van der Waals surface area contributed by atoms with E-state index >= 15 is 0 Å². The summed E-state index contributed by atoms with van der Waals surface area (Å²) >= 11 is 0. The number of hydrogen-bond donors (Lipinski definition) is 1. The van der Waals surface area contributed by atoms with Crippen LogP contribution in [0.1, 0.15) is 38.7 Å². The number of allylic oxidation sites excluding steroid dienone is 1. The van der Waals surface area contributed by atoms with E-state index in [2.05, 4.69) is 58.1 Å². The Kier molecular flexibility index (Phi) is 8.51. The highest BCUT2D eigenvalue weighted by atomic mass is 16.5. The maximum Gasteiger partial charge on any atom is 0.439 e. The molecule has 2 aliphatic heterocycles. The van der Waals surface area contributed by atoms with E-state index in [0.717, 1.165) is 94.1 Å². The van der Waals surface area contributed by atoms with Gasteiger partial charge in [-0.25, -0.2) is 9.79 Å². The largest absolute Gasteiger partial charge is 0.439 e. The summed E-state index contributed by atoms with van der Waals surface area (Å²) in [5, 5.41) is 3.88. The summed E-state index contributed by atoms with van der Waals surface area (Å²) in [5.41, 5.74) is 6.85. The summed E-state index contributed by atoms with van der Waals surface area (Å²) in [6, 6.07) is 16.6. The van der Waals surface area contributed by atoms with Crippen molar-refractivity contribution in [1.82, 2.24) is 19.9 Å². The molecule has 0 atom stereocenters. The van der Waals surface area contributed by atoms with E-state index in [1.807, 2.05) is 24.3 Å². The Labute approximate surface area is 224 Å². The Morgan fingerprint density at radius 1 is 1.00 bits per heavy atom. The fraction of sp³-hybridized carbons (Fsp3) is 0.433. The van der Waals surface area contributed by atoms with Gasteiger partial charge in [0.1, 0.15) is 5.84 Å². The first-order chi connectivity index (χ1) is 18.6. The minimum atomic E-state index is -0.554. The SMILES string of the molecule is CCCCC1=C(Cc2ccc(-c3ccccc3-c3noc(=O)[nH]3)cc2)CN(CCN2CCOCC2)C(C)=N1. The molecular formula is C30H37N5O3. The molecule has 0 aliphatic carbocycles. The molecule has 0 amide bonds. The topological polar surface area (TPSA) is 87.0 Å². The van der Waals surface area contributed by atoms with Gasteiger partial charge in [0.05, 0.1) is 13.2 Å². The quantitative estimate of drug-likeness (QED) is 0.419. The van der Waals surface area contributed by atoms with Crippen molar-refractivity contribution in [2.75, 3.05) is 45.9 Å². The summed E-state index contributed by atoms with van der Waals surface area (Å²) in [6.45, 7) is 11.0. The van der Waals surface area contributed by atoms with E-state index < -0.39 is 5.76 Å². The van der Waals surface area contributed by atoms with Gasteiger partial charge >= 0.3 is 5.76 Å². The number of benzene rings is 2. The van der Waals surface area contributed by atoms with E-state index in [4.69, 9.17) is 14.3 Å². The first-order valence-corrected chi connectivity index (χ1v) is 13.7. The number of nitrogens with zero attached hydrogens (tertiary/aromatic N) is 4.